The van der Waals surface area contributed by atoms with Gasteiger partial charge in [-0.15, -0.1) is 0 Å². The molecule has 11 heteroatoms. The number of pyridine rings is 1. The lowest BCUT2D eigenvalue weighted by Gasteiger charge is -2.36. The number of nitrogens with one attached hydrogen (secondary N) is 2. The molecule has 224 valence electrons. The largest absolute Gasteiger partial charge is 0.444 e. The Kier molecular flexibility index (Phi) is 8.45. The highest BCUT2D eigenvalue weighted by Crippen LogP contribution is 2.36. The van der Waals surface area contributed by atoms with Gasteiger partial charge in [-0.1, -0.05) is 36.4 Å². The molecule has 1 saturated heterocycles. The Morgan fingerprint density at radius 1 is 1.07 bits per heavy atom. The van der Waals surface area contributed by atoms with Crippen LogP contribution in [0.5, 0.6) is 0 Å². The highest BCUT2D eigenvalue weighted by Gasteiger charge is 2.51. The van der Waals surface area contributed by atoms with Crippen molar-refractivity contribution in [1.29, 1.82) is 0 Å². The first kappa shape index (κ1) is 29.7. The summed E-state index contributed by atoms with van der Waals surface area (Å²) in [5, 5.41) is 5.88. The molecular formula is C32H35N5O6. The lowest BCUT2D eigenvalue weighted by Crippen LogP contribution is -2.57. The zero-order chi connectivity index (χ0) is 30.6. The Morgan fingerprint density at radius 2 is 1.84 bits per heavy atom. The minimum atomic E-state index is -1.47. The Labute approximate surface area is 249 Å². The van der Waals surface area contributed by atoms with Crippen LogP contribution in [0.1, 0.15) is 50.3 Å². The van der Waals surface area contributed by atoms with Crippen LogP contribution in [0.4, 0.5) is 16.5 Å². The number of nitrogens with zero attached hydrogens (tertiary/aromatic N) is 3. The fourth-order valence-electron chi connectivity index (χ4n) is 5.07. The molecule has 0 saturated carbocycles. The van der Waals surface area contributed by atoms with Crippen LogP contribution in [0.25, 0.3) is 10.9 Å². The first-order valence-electron chi connectivity index (χ1n) is 14.1. The summed E-state index contributed by atoms with van der Waals surface area (Å²) in [6.07, 6.45) is 3.68. The number of benzene rings is 2. The van der Waals surface area contributed by atoms with E-state index in [0.717, 1.165) is 11.1 Å². The fourth-order valence-corrected chi connectivity index (χ4v) is 5.07. The second-order valence-electron chi connectivity index (χ2n) is 11.4. The smallest absolute Gasteiger partial charge is 0.412 e. The molecule has 2 aromatic heterocycles. The van der Waals surface area contributed by atoms with Crippen molar-refractivity contribution in [3.63, 3.8) is 0 Å². The number of aromatic nitrogens is 2. The third kappa shape index (κ3) is 6.67. The molecule has 2 N–H and O–H groups in total. The van der Waals surface area contributed by atoms with Crippen molar-refractivity contribution < 1.29 is 23.5 Å². The van der Waals surface area contributed by atoms with E-state index in [1.165, 1.54) is 0 Å². The second-order valence-corrected chi connectivity index (χ2v) is 11.4. The number of aryl methyl sites for hydroxylation is 1. The molecule has 0 spiro atoms. The van der Waals surface area contributed by atoms with Crippen molar-refractivity contribution in [3.8, 4) is 0 Å². The number of anilines is 2. The molecule has 43 heavy (non-hydrogen) atoms. The molecule has 1 fully saturated rings. The molecular weight excluding hydrogens is 550 g/mol. The van der Waals surface area contributed by atoms with Crippen molar-refractivity contribution in [2.45, 2.75) is 65.0 Å². The number of rotatable bonds is 8. The van der Waals surface area contributed by atoms with Crippen molar-refractivity contribution in [3.05, 3.63) is 94.1 Å². The van der Waals surface area contributed by atoms with Crippen molar-refractivity contribution >= 4 is 34.6 Å². The average Bonchev–Trinajstić information content (AvgIpc) is 3.41. The predicted octanol–water partition coefficient (Wildman–Crippen LogP) is 5.07. The minimum absolute atomic E-state index is 0.0214. The second kappa shape index (κ2) is 12.2. The van der Waals surface area contributed by atoms with Crippen LogP contribution >= 0.6 is 0 Å². The summed E-state index contributed by atoms with van der Waals surface area (Å²) in [5.41, 5.74) is 0.172. The van der Waals surface area contributed by atoms with Crippen LogP contribution in [0.15, 0.2) is 76.2 Å². The van der Waals surface area contributed by atoms with Crippen molar-refractivity contribution in [2.24, 2.45) is 0 Å². The van der Waals surface area contributed by atoms with E-state index in [0.29, 0.717) is 36.2 Å². The average molecular weight is 586 g/mol. The van der Waals surface area contributed by atoms with E-state index in [2.05, 4.69) is 20.6 Å². The molecule has 11 nitrogen and oxygen atoms in total. The molecule has 4 aromatic rings. The van der Waals surface area contributed by atoms with Crippen LogP contribution in [-0.2, 0) is 27.4 Å². The molecule has 5 rings (SSSR count). The molecule has 0 aliphatic carbocycles. The molecule has 1 unspecified atom stereocenters. The molecule has 1 aliphatic rings. The topological polar surface area (TPSA) is 136 Å². The van der Waals surface area contributed by atoms with Gasteiger partial charge < -0.3 is 19.2 Å². The van der Waals surface area contributed by atoms with Gasteiger partial charge in [-0.05, 0) is 69.0 Å². The quantitative estimate of drug-likeness (QED) is 0.291. The predicted molar refractivity (Wildman–Crippen MR) is 161 cm³/mol. The number of carbonyl (C=O) groups is 2. The van der Waals surface area contributed by atoms with Crippen LogP contribution in [-0.4, -0.2) is 39.8 Å². The molecule has 3 heterocycles. The monoisotopic (exact) mass is 585 g/mol. The summed E-state index contributed by atoms with van der Waals surface area (Å²) < 4.78 is 17.5. The van der Waals surface area contributed by atoms with Crippen molar-refractivity contribution in [2.75, 3.05) is 16.8 Å². The number of hydrogen-bond acceptors (Lipinski definition) is 9. The van der Waals surface area contributed by atoms with Crippen molar-refractivity contribution in [1.82, 2.24) is 15.3 Å². The van der Waals surface area contributed by atoms with Gasteiger partial charge in [0.1, 0.15) is 5.60 Å². The van der Waals surface area contributed by atoms with Gasteiger partial charge in [0.25, 0.3) is 5.91 Å². The van der Waals surface area contributed by atoms with Gasteiger partial charge in [0, 0.05) is 37.6 Å². The van der Waals surface area contributed by atoms with Gasteiger partial charge in [0.2, 0.25) is 5.72 Å². The summed E-state index contributed by atoms with van der Waals surface area (Å²) in [6.45, 7) is 7.78. The number of hydrogen-bond donors (Lipinski definition) is 2. The Hall–Kier alpha value is -4.77. The normalized spacial score (nSPS) is 16.7. The third-order valence-electron chi connectivity index (χ3n) is 7.10. The Bertz CT molecular complexity index is 1670. The summed E-state index contributed by atoms with van der Waals surface area (Å²) in [4.78, 5) is 50.0. The standard InChI is InChI=1S/C32H35N5O6/c1-21-24(36-30(40)43-31(2,3)4)13-14-25-26(21)27(38)42-29(35-25)37-17-9-15-32(37,41-20-22-10-6-5-7-11-22)28(39)34-19-23-12-8-16-33-18-23/h5-8,10-14,16,18H,9,15,17,19-20H2,1-4H3,(H,34,39)(H,36,40). The highest BCUT2D eigenvalue weighted by atomic mass is 16.6. The van der Waals surface area contributed by atoms with E-state index in [4.69, 9.17) is 13.9 Å². The third-order valence-corrected chi connectivity index (χ3v) is 7.10. The van der Waals surface area contributed by atoms with Gasteiger partial charge in [0.15, 0.2) is 0 Å². The molecule has 2 aromatic carbocycles. The van der Waals surface area contributed by atoms with E-state index in [9.17, 15) is 14.4 Å². The van der Waals surface area contributed by atoms with E-state index in [1.54, 1.807) is 63.2 Å². The molecule has 1 aliphatic heterocycles. The Balaban J connectivity index is 1.47. The number of amides is 2. The van der Waals surface area contributed by atoms with Gasteiger partial charge in [-0.2, -0.15) is 4.98 Å². The lowest BCUT2D eigenvalue weighted by molar-refractivity contribution is -0.148. The maximum Gasteiger partial charge on any atom is 0.412 e. The van der Waals surface area contributed by atoms with Gasteiger partial charge in [-0.25, -0.2) is 9.59 Å². The maximum atomic E-state index is 13.9. The van der Waals surface area contributed by atoms with E-state index < -0.39 is 23.0 Å². The van der Waals surface area contributed by atoms with E-state index in [-0.39, 0.29) is 30.5 Å². The molecule has 0 radical (unpaired) electrons. The summed E-state index contributed by atoms with van der Waals surface area (Å²) in [5.74, 6) is -0.373. The maximum absolute atomic E-state index is 13.9. The summed E-state index contributed by atoms with van der Waals surface area (Å²) in [6, 6.07) is 16.5. The number of fused-ring (bicyclic) bond motifs is 1. The first-order chi connectivity index (χ1) is 20.6. The zero-order valence-electron chi connectivity index (χ0n) is 24.7. The fraction of sp³-hybridized carbons (Fsp3) is 0.344. The number of ether oxygens (including phenoxy) is 2. The SMILES string of the molecule is Cc1c(NC(=O)OC(C)(C)C)ccc2nc(N3CCCC3(OCc3ccccc3)C(=O)NCc3cccnc3)oc(=O)c12. The van der Waals surface area contributed by atoms with Crippen LogP contribution in [0.3, 0.4) is 0 Å². The summed E-state index contributed by atoms with van der Waals surface area (Å²) in [7, 11) is 0. The molecule has 0 bridgehead atoms. The van der Waals surface area contributed by atoms with E-state index in [1.807, 2.05) is 36.4 Å². The summed E-state index contributed by atoms with van der Waals surface area (Å²) >= 11 is 0. The minimum Gasteiger partial charge on any atom is -0.444 e. The van der Waals surface area contributed by atoms with Gasteiger partial charge in [-0.3, -0.25) is 20.0 Å². The van der Waals surface area contributed by atoms with Gasteiger partial charge >= 0.3 is 17.7 Å². The molecule has 1 atom stereocenters. The van der Waals surface area contributed by atoms with Crippen LogP contribution < -0.4 is 21.2 Å². The van der Waals surface area contributed by atoms with E-state index >= 15 is 0 Å². The Morgan fingerprint density at radius 3 is 2.56 bits per heavy atom. The number of carbonyl (C=O) groups excluding carboxylic acids is 2. The van der Waals surface area contributed by atoms with Crippen LogP contribution in [0.2, 0.25) is 0 Å². The highest BCUT2D eigenvalue weighted by molar-refractivity contribution is 5.93. The lowest BCUT2D eigenvalue weighted by atomic mass is 10.1. The van der Waals surface area contributed by atoms with Crippen LogP contribution in [0, 0.1) is 6.92 Å². The molecule has 2 amide bonds. The first-order valence-corrected chi connectivity index (χ1v) is 14.1. The zero-order valence-corrected chi connectivity index (χ0v) is 24.7. The van der Waals surface area contributed by atoms with Gasteiger partial charge in [0.05, 0.1) is 17.5 Å².